The molecule has 0 fully saturated rings. The van der Waals surface area contributed by atoms with Crippen LogP contribution in [0.15, 0.2) is 63.6 Å². The summed E-state index contributed by atoms with van der Waals surface area (Å²) in [6.07, 6.45) is 3.92. The molecule has 2 heterocycles. The molecule has 0 amide bonds. The Hall–Kier alpha value is -2.68. The summed E-state index contributed by atoms with van der Waals surface area (Å²) in [7, 11) is 1.71. The largest absolute Gasteiger partial charge is 0.385 e. The predicted molar refractivity (Wildman–Crippen MR) is 142 cm³/mol. The molecule has 1 unspecified atom stereocenters. The van der Waals surface area contributed by atoms with Crippen molar-refractivity contribution in [1.82, 2.24) is 20.4 Å². The second-order valence-corrected chi connectivity index (χ2v) is 9.39. The number of aryl methyl sites for hydroxylation is 1. The van der Waals surface area contributed by atoms with Crippen molar-refractivity contribution in [3.8, 4) is 11.4 Å². The molecule has 1 aromatic heterocycles. The van der Waals surface area contributed by atoms with Crippen molar-refractivity contribution >= 4 is 34.7 Å². The highest BCUT2D eigenvalue weighted by atomic mass is 32.2. The van der Waals surface area contributed by atoms with Gasteiger partial charge in [0, 0.05) is 36.4 Å². The number of thiocarbonyl (C=S) groups is 1. The predicted octanol–water partition coefficient (Wildman–Crippen LogP) is 5.72. The molecule has 34 heavy (non-hydrogen) atoms. The van der Waals surface area contributed by atoms with E-state index in [0.717, 1.165) is 41.8 Å². The minimum atomic E-state index is -0.183. The first-order valence-corrected chi connectivity index (χ1v) is 13.0. The molecule has 0 spiro atoms. The number of ether oxygens (including phenoxy) is 1. The normalized spacial score (nSPS) is 16.2. The molecule has 1 atom stereocenters. The van der Waals surface area contributed by atoms with Gasteiger partial charge >= 0.3 is 0 Å². The highest BCUT2D eigenvalue weighted by molar-refractivity contribution is 7.98. The Kier molecular flexibility index (Phi) is 8.03. The third-order valence-electron chi connectivity index (χ3n) is 6.05. The van der Waals surface area contributed by atoms with E-state index in [9.17, 15) is 0 Å². The van der Waals surface area contributed by atoms with Gasteiger partial charge in [-0.2, -0.15) is 4.98 Å². The molecule has 1 N–H and O–H groups in total. The van der Waals surface area contributed by atoms with E-state index < -0.39 is 0 Å². The standard InChI is InChI=1S/C26H30N4O2S2/c1-5-18-7-9-20(10-8-18)24-28-25(32-29-24)22-17(2)30(15-6-16-31-3)26(33)27-23(22)19-11-13-21(34-4)14-12-19/h7-14,23H,5-6,15-16H2,1-4H3,(H,27,33). The first kappa shape index (κ1) is 24.4. The number of hydrogen-bond donors (Lipinski definition) is 1. The van der Waals surface area contributed by atoms with Crippen molar-refractivity contribution < 1.29 is 9.26 Å². The maximum atomic E-state index is 5.83. The van der Waals surface area contributed by atoms with E-state index >= 15 is 0 Å². The van der Waals surface area contributed by atoms with Gasteiger partial charge in [-0.05, 0) is 61.5 Å². The Balaban J connectivity index is 1.74. The van der Waals surface area contributed by atoms with Gasteiger partial charge in [-0.3, -0.25) is 0 Å². The van der Waals surface area contributed by atoms with Crippen LogP contribution in [-0.2, 0) is 11.2 Å². The summed E-state index contributed by atoms with van der Waals surface area (Å²) >= 11 is 7.48. The molecule has 0 bridgehead atoms. The van der Waals surface area contributed by atoms with E-state index in [2.05, 4.69) is 71.9 Å². The summed E-state index contributed by atoms with van der Waals surface area (Å²) in [6.45, 7) is 5.62. The summed E-state index contributed by atoms with van der Waals surface area (Å²) in [5, 5.41) is 8.50. The number of benzene rings is 2. The molecular formula is C26H30N4O2S2. The SMILES string of the molecule is CCc1ccc(-c2noc(C3=C(C)N(CCCOC)C(=S)NC3c3ccc(SC)cc3)n2)cc1. The number of methoxy groups -OCH3 is 1. The number of rotatable bonds is 9. The molecule has 1 aliphatic rings. The van der Waals surface area contributed by atoms with Crippen LogP contribution in [0.25, 0.3) is 17.0 Å². The zero-order valence-corrected chi connectivity index (χ0v) is 21.6. The maximum absolute atomic E-state index is 5.83. The topological polar surface area (TPSA) is 63.4 Å². The van der Waals surface area contributed by atoms with Crippen molar-refractivity contribution in [2.24, 2.45) is 0 Å². The van der Waals surface area contributed by atoms with Crippen molar-refractivity contribution in [2.45, 2.75) is 37.6 Å². The Morgan fingerprint density at radius 2 is 1.88 bits per heavy atom. The number of thioether (sulfide) groups is 1. The van der Waals surface area contributed by atoms with Crippen LogP contribution in [0.4, 0.5) is 0 Å². The number of allylic oxidation sites excluding steroid dienone is 1. The molecule has 6 nitrogen and oxygen atoms in total. The summed E-state index contributed by atoms with van der Waals surface area (Å²) in [6, 6.07) is 16.6. The molecule has 178 valence electrons. The average molecular weight is 495 g/mol. The summed E-state index contributed by atoms with van der Waals surface area (Å²) in [5.41, 5.74) is 5.25. The molecule has 0 saturated carbocycles. The van der Waals surface area contributed by atoms with Crippen LogP contribution in [0.1, 0.15) is 43.3 Å². The fourth-order valence-corrected chi connectivity index (χ4v) is 4.83. The molecule has 3 aromatic rings. The molecule has 0 aliphatic carbocycles. The average Bonchev–Trinajstić information content (AvgIpc) is 3.35. The summed E-state index contributed by atoms with van der Waals surface area (Å²) < 4.78 is 11.1. The number of aromatic nitrogens is 2. The van der Waals surface area contributed by atoms with E-state index in [1.807, 2.05) is 12.1 Å². The van der Waals surface area contributed by atoms with Gasteiger partial charge in [0.15, 0.2) is 5.11 Å². The lowest BCUT2D eigenvalue weighted by atomic mass is 9.95. The van der Waals surface area contributed by atoms with Gasteiger partial charge in [0.05, 0.1) is 11.6 Å². The second kappa shape index (κ2) is 11.2. The van der Waals surface area contributed by atoms with E-state index in [0.29, 0.717) is 23.4 Å². The summed E-state index contributed by atoms with van der Waals surface area (Å²) in [5.74, 6) is 1.08. The van der Waals surface area contributed by atoms with Gasteiger partial charge < -0.3 is 19.5 Å². The lowest BCUT2D eigenvalue weighted by molar-refractivity contribution is 0.188. The third-order valence-corrected chi connectivity index (χ3v) is 7.13. The lowest BCUT2D eigenvalue weighted by Gasteiger charge is -2.37. The third kappa shape index (κ3) is 5.19. The van der Waals surface area contributed by atoms with Gasteiger partial charge in [-0.25, -0.2) is 0 Å². The quantitative estimate of drug-likeness (QED) is 0.230. The molecule has 8 heteroatoms. The van der Waals surface area contributed by atoms with Crippen molar-refractivity contribution in [3.05, 3.63) is 71.2 Å². The monoisotopic (exact) mass is 494 g/mol. The first-order chi connectivity index (χ1) is 16.5. The fraction of sp³-hybridized carbons (Fsp3) is 0.346. The number of nitrogens with one attached hydrogen (secondary N) is 1. The zero-order valence-electron chi connectivity index (χ0n) is 20.0. The van der Waals surface area contributed by atoms with Crippen LogP contribution < -0.4 is 5.32 Å². The summed E-state index contributed by atoms with van der Waals surface area (Å²) in [4.78, 5) is 8.10. The van der Waals surface area contributed by atoms with Gasteiger partial charge in [0.25, 0.3) is 5.89 Å². The Morgan fingerprint density at radius 1 is 1.15 bits per heavy atom. The first-order valence-electron chi connectivity index (χ1n) is 11.4. The second-order valence-electron chi connectivity index (χ2n) is 8.13. The van der Waals surface area contributed by atoms with Crippen LogP contribution in [0.2, 0.25) is 0 Å². The highest BCUT2D eigenvalue weighted by Crippen LogP contribution is 2.38. The molecule has 0 radical (unpaired) electrons. The fourth-order valence-electron chi connectivity index (χ4n) is 4.08. The van der Waals surface area contributed by atoms with Crippen LogP contribution >= 0.6 is 24.0 Å². The molecule has 2 aromatic carbocycles. The zero-order chi connectivity index (χ0) is 24.1. The number of hydrogen-bond acceptors (Lipinski definition) is 6. The molecular weight excluding hydrogens is 464 g/mol. The van der Waals surface area contributed by atoms with Crippen LogP contribution in [0.5, 0.6) is 0 Å². The Morgan fingerprint density at radius 3 is 2.53 bits per heavy atom. The van der Waals surface area contributed by atoms with Crippen molar-refractivity contribution in [1.29, 1.82) is 0 Å². The van der Waals surface area contributed by atoms with E-state index in [-0.39, 0.29) is 6.04 Å². The molecule has 4 rings (SSSR count). The molecule has 1 aliphatic heterocycles. The minimum absolute atomic E-state index is 0.183. The van der Waals surface area contributed by atoms with Gasteiger partial charge in [0.1, 0.15) is 0 Å². The van der Waals surface area contributed by atoms with Gasteiger partial charge in [-0.1, -0.05) is 48.5 Å². The van der Waals surface area contributed by atoms with E-state index in [1.54, 1.807) is 18.9 Å². The van der Waals surface area contributed by atoms with Gasteiger partial charge in [-0.15, -0.1) is 11.8 Å². The smallest absolute Gasteiger partial charge is 0.258 e. The van der Waals surface area contributed by atoms with Crippen molar-refractivity contribution in [2.75, 3.05) is 26.5 Å². The van der Waals surface area contributed by atoms with E-state index in [4.69, 9.17) is 26.5 Å². The van der Waals surface area contributed by atoms with E-state index in [1.165, 1.54) is 10.5 Å². The van der Waals surface area contributed by atoms with Crippen LogP contribution in [-0.4, -0.2) is 46.7 Å². The molecule has 0 saturated heterocycles. The van der Waals surface area contributed by atoms with Crippen LogP contribution in [0, 0.1) is 0 Å². The minimum Gasteiger partial charge on any atom is -0.385 e. The number of nitrogens with zero attached hydrogens (tertiary/aromatic N) is 3. The lowest BCUT2D eigenvalue weighted by Crippen LogP contribution is -2.46. The maximum Gasteiger partial charge on any atom is 0.258 e. The Bertz CT molecular complexity index is 1160. The van der Waals surface area contributed by atoms with Crippen molar-refractivity contribution in [3.63, 3.8) is 0 Å². The highest BCUT2D eigenvalue weighted by Gasteiger charge is 2.33. The van der Waals surface area contributed by atoms with Crippen LogP contribution in [0.3, 0.4) is 0 Å². The Labute approximate surface area is 210 Å². The van der Waals surface area contributed by atoms with Gasteiger partial charge in [0.2, 0.25) is 5.82 Å².